The molecule has 0 fully saturated rings. The molecule has 1 aliphatic heterocycles. The Hall–Kier alpha value is -2.51. The van der Waals surface area contributed by atoms with Gasteiger partial charge in [0.1, 0.15) is 5.25 Å². The number of aromatic nitrogens is 3. The SMILES string of the molecule is CCCc1nnc2n1NC(c1ccc(Cl)cc1)C(C(=O)Nc1ccccc1)S2. The van der Waals surface area contributed by atoms with E-state index in [1.807, 2.05) is 59.3 Å². The van der Waals surface area contributed by atoms with E-state index in [-0.39, 0.29) is 11.9 Å². The number of rotatable bonds is 5. The standard InChI is InChI=1S/C20H20ClN5OS/c1-2-6-16-23-24-20-26(16)25-17(13-9-11-14(21)12-10-13)18(28-20)19(27)22-15-7-4-3-5-8-15/h3-5,7-12,17-18,25H,2,6H2,1H3,(H,22,27). The van der Waals surface area contributed by atoms with E-state index in [9.17, 15) is 4.79 Å². The zero-order chi connectivity index (χ0) is 19.5. The lowest BCUT2D eigenvalue weighted by Gasteiger charge is -2.33. The van der Waals surface area contributed by atoms with Crippen LogP contribution in [0.3, 0.4) is 0 Å². The first-order chi connectivity index (χ1) is 13.7. The number of halogens is 1. The Labute approximate surface area is 172 Å². The summed E-state index contributed by atoms with van der Waals surface area (Å²) in [5.74, 6) is 0.779. The molecule has 0 aliphatic carbocycles. The number of carbonyl (C=O) groups excluding carboxylic acids is 1. The molecule has 2 unspecified atom stereocenters. The van der Waals surface area contributed by atoms with Crippen molar-refractivity contribution < 1.29 is 4.79 Å². The van der Waals surface area contributed by atoms with Crippen LogP contribution < -0.4 is 10.7 Å². The van der Waals surface area contributed by atoms with Crippen molar-refractivity contribution in [3.05, 3.63) is 71.0 Å². The molecule has 8 heteroatoms. The van der Waals surface area contributed by atoms with Crippen molar-refractivity contribution >= 4 is 35.0 Å². The third-order valence-electron chi connectivity index (χ3n) is 4.51. The largest absolute Gasteiger partial charge is 0.325 e. The van der Waals surface area contributed by atoms with Gasteiger partial charge in [0.25, 0.3) is 0 Å². The zero-order valence-electron chi connectivity index (χ0n) is 15.3. The fraction of sp³-hybridized carbons (Fsp3) is 0.250. The first-order valence-corrected chi connectivity index (χ1v) is 10.4. The van der Waals surface area contributed by atoms with E-state index in [0.29, 0.717) is 10.2 Å². The van der Waals surface area contributed by atoms with E-state index >= 15 is 0 Å². The molecule has 6 nitrogen and oxygen atoms in total. The highest BCUT2D eigenvalue weighted by Gasteiger charge is 2.37. The van der Waals surface area contributed by atoms with Gasteiger partial charge in [-0.3, -0.25) is 4.79 Å². The van der Waals surface area contributed by atoms with Gasteiger partial charge in [-0.05, 0) is 36.2 Å². The van der Waals surface area contributed by atoms with Gasteiger partial charge in [-0.25, -0.2) is 4.68 Å². The van der Waals surface area contributed by atoms with Crippen LogP contribution in [0.4, 0.5) is 5.69 Å². The predicted octanol–water partition coefficient (Wildman–Crippen LogP) is 4.28. The van der Waals surface area contributed by atoms with Crippen LogP contribution in [0.15, 0.2) is 59.8 Å². The van der Waals surface area contributed by atoms with Gasteiger partial charge in [-0.15, -0.1) is 10.2 Å². The Morgan fingerprint density at radius 2 is 1.93 bits per heavy atom. The maximum absolute atomic E-state index is 13.1. The van der Waals surface area contributed by atoms with Crippen molar-refractivity contribution in [1.82, 2.24) is 14.9 Å². The Morgan fingerprint density at radius 1 is 1.18 bits per heavy atom. The number of thioether (sulfide) groups is 1. The zero-order valence-corrected chi connectivity index (χ0v) is 16.9. The quantitative estimate of drug-likeness (QED) is 0.653. The highest BCUT2D eigenvalue weighted by molar-refractivity contribution is 8.00. The number of benzene rings is 2. The van der Waals surface area contributed by atoms with Crippen molar-refractivity contribution in [2.24, 2.45) is 0 Å². The van der Waals surface area contributed by atoms with Gasteiger partial charge in [0.2, 0.25) is 11.1 Å². The lowest BCUT2D eigenvalue weighted by atomic mass is 10.0. The maximum atomic E-state index is 13.1. The molecule has 3 aromatic rings. The van der Waals surface area contributed by atoms with Crippen molar-refractivity contribution in [3.8, 4) is 0 Å². The molecule has 2 atom stereocenters. The van der Waals surface area contributed by atoms with Gasteiger partial charge < -0.3 is 10.7 Å². The summed E-state index contributed by atoms with van der Waals surface area (Å²) in [4.78, 5) is 13.1. The van der Waals surface area contributed by atoms with Crippen molar-refractivity contribution in [2.45, 2.75) is 36.2 Å². The van der Waals surface area contributed by atoms with Gasteiger partial charge >= 0.3 is 0 Å². The minimum atomic E-state index is -0.410. The summed E-state index contributed by atoms with van der Waals surface area (Å²) in [6.45, 7) is 2.10. The van der Waals surface area contributed by atoms with Gasteiger partial charge in [0, 0.05) is 17.1 Å². The fourth-order valence-corrected chi connectivity index (χ4v) is 4.36. The second-order valence-electron chi connectivity index (χ2n) is 6.54. The Balaban J connectivity index is 1.66. The monoisotopic (exact) mass is 413 g/mol. The molecule has 2 aromatic carbocycles. The third kappa shape index (κ3) is 3.86. The Morgan fingerprint density at radius 3 is 2.64 bits per heavy atom. The molecule has 2 heterocycles. The van der Waals surface area contributed by atoms with Crippen LogP contribution in [-0.2, 0) is 11.2 Å². The topological polar surface area (TPSA) is 71.8 Å². The van der Waals surface area contributed by atoms with Gasteiger partial charge in [-0.1, -0.05) is 60.6 Å². The summed E-state index contributed by atoms with van der Waals surface area (Å²) in [5, 5.41) is 12.5. The molecule has 2 N–H and O–H groups in total. The van der Waals surface area contributed by atoms with Crippen LogP contribution in [-0.4, -0.2) is 26.0 Å². The summed E-state index contributed by atoms with van der Waals surface area (Å²) in [6, 6.07) is 16.8. The van der Waals surface area contributed by atoms with Crippen LogP contribution in [0.1, 0.15) is 30.8 Å². The van der Waals surface area contributed by atoms with Crippen molar-refractivity contribution in [1.29, 1.82) is 0 Å². The first-order valence-electron chi connectivity index (χ1n) is 9.14. The lowest BCUT2D eigenvalue weighted by molar-refractivity contribution is -0.116. The number of carbonyl (C=O) groups is 1. The molecular formula is C20H20ClN5OS. The number of hydrogen-bond donors (Lipinski definition) is 2. The third-order valence-corrected chi connectivity index (χ3v) is 5.97. The fourth-order valence-electron chi connectivity index (χ4n) is 3.14. The van der Waals surface area contributed by atoms with Crippen molar-refractivity contribution in [2.75, 3.05) is 10.7 Å². The van der Waals surface area contributed by atoms with E-state index < -0.39 is 5.25 Å². The summed E-state index contributed by atoms with van der Waals surface area (Å²) < 4.78 is 1.90. The molecule has 1 amide bonds. The van der Waals surface area contributed by atoms with E-state index in [0.717, 1.165) is 29.9 Å². The average molecular weight is 414 g/mol. The number of anilines is 1. The number of amides is 1. The first kappa shape index (κ1) is 18.8. The molecular weight excluding hydrogens is 394 g/mol. The number of nitrogens with one attached hydrogen (secondary N) is 2. The van der Waals surface area contributed by atoms with Crippen LogP contribution in [0, 0.1) is 0 Å². The Bertz CT molecular complexity index is 960. The molecule has 0 bridgehead atoms. The summed E-state index contributed by atoms with van der Waals surface area (Å²) in [6.07, 6.45) is 1.78. The highest BCUT2D eigenvalue weighted by Crippen LogP contribution is 2.38. The molecule has 28 heavy (non-hydrogen) atoms. The second kappa shape index (κ2) is 8.24. The number of aryl methyl sites for hydroxylation is 1. The van der Waals surface area contributed by atoms with Crippen LogP contribution in [0.5, 0.6) is 0 Å². The minimum Gasteiger partial charge on any atom is -0.325 e. The highest BCUT2D eigenvalue weighted by atomic mass is 35.5. The smallest absolute Gasteiger partial charge is 0.240 e. The predicted molar refractivity (Wildman–Crippen MR) is 112 cm³/mol. The molecule has 4 rings (SSSR count). The number of hydrogen-bond acceptors (Lipinski definition) is 5. The van der Waals surface area contributed by atoms with Crippen molar-refractivity contribution in [3.63, 3.8) is 0 Å². The molecule has 0 spiro atoms. The van der Waals surface area contributed by atoms with Gasteiger partial charge in [0.15, 0.2) is 5.82 Å². The van der Waals surface area contributed by atoms with E-state index in [1.165, 1.54) is 11.8 Å². The summed E-state index contributed by atoms with van der Waals surface area (Å²) >= 11 is 7.48. The normalized spacial score (nSPS) is 18.2. The summed E-state index contributed by atoms with van der Waals surface area (Å²) in [5.41, 5.74) is 5.19. The van der Waals surface area contributed by atoms with Crippen LogP contribution >= 0.6 is 23.4 Å². The van der Waals surface area contributed by atoms with E-state index in [2.05, 4.69) is 27.9 Å². The molecule has 0 saturated heterocycles. The molecule has 0 radical (unpaired) electrons. The van der Waals surface area contributed by atoms with E-state index in [1.54, 1.807) is 0 Å². The molecule has 0 saturated carbocycles. The van der Waals surface area contributed by atoms with Crippen LogP contribution in [0.2, 0.25) is 5.02 Å². The Kier molecular flexibility index (Phi) is 5.54. The number of para-hydroxylation sites is 1. The maximum Gasteiger partial charge on any atom is 0.240 e. The molecule has 144 valence electrons. The number of fused-ring (bicyclic) bond motifs is 1. The molecule has 1 aromatic heterocycles. The minimum absolute atomic E-state index is 0.0880. The van der Waals surface area contributed by atoms with Gasteiger partial charge in [0.05, 0.1) is 6.04 Å². The van der Waals surface area contributed by atoms with Crippen LogP contribution in [0.25, 0.3) is 0 Å². The lowest BCUT2D eigenvalue weighted by Crippen LogP contribution is -2.41. The second-order valence-corrected chi connectivity index (χ2v) is 8.08. The molecule has 1 aliphatic rings. The summed E-state index contributed by atoms with van der Waals surface area (Å²) in [7, 11) is 0. The van der Waals surface area contributed by atoms with Gasteiger partial charge in [-0.2, -0.15) is 0 Å². The van der Waals surface area contributed by atoms with E-state index in [4.69, 9.17) is 11.6 Å². The average Bonchev–Trinajstić information content (AvgIpc) is 3.11. The number of nitrogens with zero attached hydrogens (tertiary/aromatic N) is 3.